The van der Waals surface area contributed by atoms with Crippen LogP contribution in [-0.2, 0) is 25.6 Å². The summed E-state index contributed by atoms with van der Waals surface area (Å²) in [5.41, 5.74) is -1.05. The topological polar surface area (TPSA) is 210 Å². The standard InChI is InChI=1S/C32H35F3N6O9/c1-31(2,3)50-30(48)38-21-14-19(33)8-9-20(21)37-27(46)18-6-4-17(5-7-18)15-36-24(43)10-11-25(44)39-23-12-13-41(29(47)40-23)28-32(34,35)26(45)22(16-42)49-28/h4-9,12-14,22,26,28,42,45H,10-11,15-16H2,1-3H3,(H,36,43)(H,37,46)(H,38,48)(H,39,40,44,47). The molecule has 1 aromatic heterocycles. The third-order valence-corrected chi connectivity index (χ3v) is 7.06. The average Bonchev–Trinajstić information content (AvgIpc) is 3.26. The SMILES string of the molecule is CC(C)(C)OC(=O)Nc1cc(F)ccc1NC(=O)c1ccc(CNC(=O)CCC(=O)Nc2ccn(C3OC(CO)C(O)C3(F)F)c(=O)n2)cc1. The number of anilines is 3. The number of alkyl halides is 2. The molecule has 2 heterocycles. The van der Waals surface area contributed by atoms with Crippen molar-refractivity contribution in [2.24, 2.45) is 0 Å². The lowest BCUT2D eigenvalue weighted by molar-refractivity contribution is -0.141. The van der Waals surface area contributed by atoms with Crippen LogP contribution in [-0.4, -0.2) is 73.9 Å². The zero-order valence-electron chi connectivity index (χ0n) is 27.0. The number of aliphatic hydroxyl groups excluding tert-OH is 2. The molecule has 0 aliphatic carbocycles. The van der Waals surface area contributed by atoms with Gasteiger partial charge in [0.1, 0.15) is 23.3 Å². The van der Waals surface area contributed by atoms with Gasteiger partial charge < -0.3 is 35.6 Å². The van der Waals surface area contributed by atoms with Crippen LogP contribution in [0.1, 0.15) is 55.8 Å². The molecule has 0 radical (unpaired) electrons. The quantitative estimate of drug-likeness (QED) is 0.172. The van der Waals surface area contributed by atoms with E-state index in [1.54, 1.807) is 32.9 Å². The van der Waals surface area contributed by atoms with Gasteiger partial charge in [-0.15, -0.1) is 0 Å². The minimum atomic E-state index is -3.90. The largest absolute Gasteiger partial charge is 0.444 e. The van der Waals surface area contributed by atoms with E-state index in [2.05, 4.69) is 26.3 Å². The van der Waals surface area contributed by atoms with E-state index >= 15 is 0 Å². The first-order valence-corrected chi connectivity index (χ1v) is 15.1. The fourth-order valence-corrected chi connectivity index (χ4v) is 4.61. The lowest BCUT2D eigenvalue weighted by atomic mass is 10.1. The van der Waals surface area contributed by atoms with Crippen molar-refractivity contribution in [3.8, 4) is 0 Å². The number of carbonyl (C=O) groups excluding carboxylic acids is 4. The number of benzene rings is 2. The maximum absolute atomic E-state index is 14.4. The number of hydrogen-bond donors (Lipinski definition) is 6. The van der Waals surface area contributed by atoms with Crippen LogP contribution in [0.15, 0.2) is 59.5 Å². The Morgan fingerprint density at radius 1 is 0.980 bits per heavy atom. The van der Waals surface area contributed by atoms with Crippen molar-refractivity contribution in [1.82, 2.24) is 14.9 Å². The third-order valence-electron chi connectivity index (χ3n) is 7.06. The molecule has 15 nitrogen and oxygen atoms in total. The molecule has 1 aliphatic heterocycles. The Hall–Kier alpha value is -5.33. The molecular weight excluding hydrogens is 669 g/mol. The first-order valence-electron chi connectivity index (χ1n) is 15.1. The van der Waals surface area contributed by atoms with Gasteiger partial charge in [0, 0.05) is 31.1 Å². The van der Waals surface area contributed by atoms with E-state index in [9.17, 15) is 42.3 Å². The number of halogens is 3. The number of nitrogens with one attached hydrogen (secondary N) is 4. The molecule has 2 aromatic carbocycles. The number of carbonyl (C=O) groups is 4. The van der Waals surface area contributed by atoms with Crippen LogP contribution in [0.25, 0.3) is 0 Å². The van der Waals surface area contributed by atoms with Crippen LogP contribution in [0.3, 0.4) is 0 Å². The summed E-state index contributed by atoms with van der Waals surface area (Å²) in [6.07, 6.45) is -6.68. The summed E-state index contributed by atoms with van der Waals surface area (Å²) in [5.74, 6) is -6.55. The monoisotopic (exact) mass is 704 g/mol. The van der Waals surface area contributed by atoms with Crippen LogP contribution in [0, 0.1) is 5.82 Å². The van der Waals surface area contributed by atoms with Gasteiger partial charge in [-0.3, -0.25) is 24.3 Å². The van der Waals surface area contributed by atoms with E-state index in [4.69, 9.17) is 14.6 Å². The van der Waals surface area contributed by atoms with E-state index in [0.717, 1.165) is 24.4 Å². The van der Waals surface area contributed by atoms with Crippen LogP contribution < -0.4 is 27.0 Å². The van der Waals surface area contributed by atoms with Crippen molar-refractivity contribution >= 4 is 41.0 Å². The Balaban J connectivity index is 1.24. The summed E-state index contributed by atoms with van der Waals surface area (Å²) in [5, 5.41) is 28.7. The lowest BCUT2D eigenvalue weighted by Gasteiger charge is -2.21. The molecule has 0 bridgehead atoms. The number of aromatic nitrogens is 2. The molecule has 4 rings (SSSR count). The van der Waals surface area contributed by atoms with Crippen molar-refractivity contribution in [3.63, 3.8) is 0 Å². The summed E-state index contributed by atoms with van der Waals surface area (Å²) >= 11 is 0. The number of aliphatic hydroxyl groups is 2. The number of hydrogen-bond acceptors (Lipinski definition) is 10. The van der Waals surface area contributed by atoms with Gasteiger partial charge in [-0.2, -0.15) is 13.8 Å². The second-order valence-electron chi connectivity index (χ2n) is 12.1. The van der Waals surface area contributed by atoms with Gasteiger partial charge in [0.05, 0.1) is 18.0 Å². The molecule has 18 heteroatoms. The van der Waals surface area contributed by atoms with Crippen LogP contribution in [0.2, 0.25) is 0 Å². The van der Waals surface area contributed by atoms with Crippen LogP contribution in [0.5, 0.6) is 0 Å². The number of nitrogens with zero attached hydrogens (tertiary/aromatic N) is 2. The predicted molar refractivity (Wildman–Crippen MR) is 171 cm³/mol. The van der Waals surface area contributed by atoms with E-state index in [0.29, 0.717) is 10.1 Å². The van der Waals surface area contributed by atoms with Crippen molar-refractivity contribution in [2.75, 3.05) is 22.6 Å². The molecule has 3 atom stereocenters. The molecule has 268 valence electrons. The molecule has 4 amide bonds. The van der Waals surface area contributed by atoms with Gasteiger partial charge in [-0.1, -0.05) is 12.1 Å². The Bertz CT molecular complexity index is 1800. The molecular formula is C32H35F3N6O9. The molecule has 50 heavy (non-hydrogen) atoms. The van der Waals surface area contributed by atoms with Gasteiger partial charge >= 0.3 is 17.7 Å². The summed E-state index contributed by atoms with van der Waals surface area (Å²) < 4.78 is 53.1. The van der Waals surface area contributed by atoms with E-state index in [1.807, 2.05) is 0 Å². The van der Waals surface area contributed by atoms with E-state index < -0.39 is 71.9 Å². The second-order valence-corrected chi connectivity index (χ2v) is 12.1. The summed E-state index contributed by atoms with van der Waals surface area (Å²) in [7, 11) is 0. The van der Waals surface area contributed by atoms with E-state index in [-0.39, 0.29) is 42.1 Å². The summed E-state index contributed by atoms with van der Waals surface area (Å²) in [6.45, 7) is 4.14. The second kappa shape index (κ2) is 15.5. The Morgan fingerprint density at radius 3 is 2.28 bits per heavy atom. The minimum Gasteiger partial charge on any atom is -0.444 e. The number of amides is 4. The molecule has 1 saturated heterocycles. The molecule has 1 fully saturated rings. The molecule has 6 N–H and O–H groups in total. The molecule has 0 spiro atoms. The lowest BCUT2D eigenvalue weighted by Crippen LogP contribution is -2.41. The smallest absolute Gasteiger partial charge is 0.412 e. The molecule has 0 saturated carbocycles. The van der Waals surface area contributed by atoms with Gasteiger partial charge in [-0.25, -0.2) is 14.0 Å². The normalized spacial score (nSPS) is 18.2. The molecule has 3 aromatic rings. The van der Waals surface area contributed by atoms with Crippen molar-refractivity contribution in [2.45, 2.75) is 70.1 Å². The maximum atomic E-state index is 14.4. The maximum Gasteiger partial charge on any atom is 0.412 e. The highest BCUT2D eigenvalue weighted by Gasteiger charge is 2.59. The van der Waals surface area contributed by atoms with Crippen molar-refractivity contribution in [1.29, 1.82) is 0 Å². The Morgan fingerprint density at radius 2 is 1.66 bits per heavy atom. The van der Waals surface area contributed by atoms with E-state index in [1.165, 1.54) is 18.2 Å². The number of rotatable bonds is 11. The molecule has 3 unspecified atom stereocenters. The third kappa shape index (κ3) is 9.64. The zero-order valence-corrected chi connectivity index (χ0v) is 27.0. The highest BCUT2D eigenvalue weighted by Crippen LogP contribution is 2.42. The summed E-state index contributed by atoms with van der Waals surface area (Å²) in [6, 6.07) is 10.6. The minimum absolute atomic E-state index is 0.00942. The van der Waals surface area contributed by atoms with Gasteiger partial charge in [0.2, 0.25) is 18.0 Å². The first kappa shape index (κ1) is 37.5. The fourth-order valence-electron chi connectivity index (χ4n) is 4.61. The predicted octanol–water partition coefficient (Wildman–Crippen LogP) is 2.90. The zero-order chi connectivity index (χ0) is 36.8. The highest BCUT2D eigenvalue weighted by molar-refractivity contribution is 6.07. The first-order chi connectivity index (χ1) is 23.5. The van der Waals surface area contributed by atoms with Gasteiger partial charge in [0.15, 0.2) is 6.10 Å². The Kier molecular flexibility index (Phi) is 11.6. The number of ether oxygens (including phenoxy) is 2. The van der Waals surface area contributed by atoms with Gasteiger partial charge in [-0.05, 0) is 62.7 Å². The van der Waals surface area contributed by atoms with Crippen LogP contribution >= 0.6 is 0 Å². The average molecular weight is 705 g/mol. The Labute approximate surface area is 282 Å². The van der Waals surface area contributed by atoms with Crippen LogP contribution in [0.4, 0.5) is 35.2 Å². The van der Waals surface area contributed by atoms with Crippen molar-refractivity contribution in [3.05, 3.63) is 82.2 Å². The van der Waals surface area contributed by atoms with Crippen molar-refractivity contribution < 1.29 is 52.0 Å². The van der Waals surface area contributed by atoms with Gasteiger partial charge in [0.25, 0.3) is 5.91 Å². The highest BCUT2D eigenvalue weighted by atomic mass is 19.3. The fraction of sp³-hybridized carbons (Fsp3) is 0.375. The summed E-state index contributed by atoms with van der Waals surface area (Å²) in [4.78, 5) is 65.6. The molecule has 1 aliphatic rings.